The van der Waals surface area contributed by atoms with Gasteiger partial charge in [0.05, 0.1) is 5.69 Å². The van der Waals surface area contributed by atoms with E-state index in [4.69, 9.17) is 0 Å². The first-order valence-electron chi connectivity index (χ1n) is 7.47. The predicted molar refractivity (Wildman–Crippen MR) is 86.6 cm³/mol. The van der Waals surface area contributed by atoms with Crippen LogP contribution in [0.5, 0.6) is 0 Å². The molecule has 0 spiro atoms. The van der Waals surface area contributed by atoms with Gasteiger partial charge in [0.25, 0.3) is 5.91 Å². The van der Waals surface area contributed by atoms with Crippen LogP contribution in [0.4, 0.5) is 0 Å². The fourth-order valence-electron chi connectivity index (χ4n) is 2.65. The van der Waals surface area contributed by atoms with Gasteiger partial charge in [0.1, 0.15) is 9.88 Å². The Hall–Kier alpha value is -1.68. The third-order valence-corrected chi connectivity index (χ3v) is 5.28. The van der Waals surface area contributed by atoms with Gasteiger partial charge in [0, 0.05) is 18.7 Å². The molecule has 2 heterocycles. The standard InChI is InChI=1S/C17H20N2OS/c1-12-8-10-19(11-9-12)17(20)15-13(2)18-16(21-15)14-6-4-3-5-7-14/h3-7,12H,8-11H2,1-2H3. The molecule has 4 heteroatoms. The molecule has 1 aromatic heterocycles. The molecule has 0 N–H and O–H groups in total. The molecule has 1 aromatic carbocycles. The number of benzene rings is 1. The van der Waals surface area contributed by atoms with Crippen molar-refractivity contribution >= 4 is 17.2 Å². The molecule has 1 fully saturated rings. The van der Waals surface area contributed by atoms with Crippen molar-refractivity contribution in [2.75, 3.05) is 13.1 Å². The number of piperidine rings is 1. The van der Waals surface area contributed by atoms with Crippen molar-refractivity contribution in [3.05, 3.63) is 40.9 Å². The SMILES string of the molecule is Cc1nc(-c2ccccc2)sc1C(=O)N1CCC(C)CC1. The second-order valence-corrected chi connectivity index (χ2v) is 6.77. The number of carbonyl (C=O) groups excluding carboxylic acids is 1. The summed E-state index contributed by atoms with van der Waals surface area (Å²) in [6.45, 7) is 5.94. The highest BCUT2D eigenvalue weighted by Crippen LogP contribution is 2.29. The van der Waals surface area contributed by atoms with Gasteiger partial charge < -0.3 is 4.90 Å². The highest BCUT2D eigenvalue weighted by molar-refractivity contribution is 7.17. The number of amides is 1. The Morgan fingerprint density at radius 2 is 1.90 bits per heavy atom. The van der Waals surface area contributed by atoms with E-state index in [-0.39, 0.29) is 5.91 Å². The maximum absolute atomic E-state index is 12.7. The molecular weight excluding hydrogens is 280 g/mol. The van der Waals surface area contributed by atoms with E-state index < -0.39 is 0 Å². The Bertz CT molecular complexity index is 627. The number of nitrogens with zero attached hydrogens (tertiary/aromatic N) is 2. The minimum absolute atomic E-state index is 0.152. The molecule has 110 valence electrons. The van der Waals surface area contributed by atoms with Crippen LogP contribution in [0, 0.1) is 12.8 Å². The lowest BCUT2D eigenvalue weighted by Gasteiger charge is -2.30. The van der Waals surface area contributed by atoms with E-state index in [1.165, 1.54) is 11.3 Å². The number of hydrogen-bond donors (Lipinski definition) is 0. The van der Waals surface area contributed by atoms with Crippen LogP contribution < -0.4 is 0 Å². The molecule has 0 radical (unpaired) electrons. The van der Waals surface area contributed by atoms with E-state index >= 15 is 0 Å². The number of thiazole rings is 1. The average Bonchev–Trinajstić information content (AvgIpc) is 2.90. The van der Waals surface area contributed by atoms with Crippen molar-refractivity contribution in [1.82, 2.24) is 9.88 Å². The summed E-state index contributed by atoms with van der Waals surface area (Å²) in [5, 5.41) is 0.932. The zero-order chi connectivity index (χ0) is 14.8. The number of hydrogen-bond acceptors (Lipinski definition) is 3. The average molecular weight is 300 g/mol. The molecule has 3 nitrogen and oxygen atoms in total. The second-order valence-electron chi connectivity index (χ2n) is 5.77. The van der Waals surface area contributed by atoms with Crippen LogP contribution in [-0.4, -0.2) is 28.9 Å². The quantitative estimate of drug-likeness (QED) is 0.840. The summed E-state index contributed by atoms with van der Waals surface area (Å²) >= 11 is 1.51. The largest absolute Gasteiger partial charge is 0.338 e. The third kappa shape index (κ3) is 3.00. The molecule has 1 amide bonds. The lowest BCUT2D eigenvalue weighted by molar-refractivity contribution is 0.0701. The minimum Gasteiger partial charge on any atom is -0.338 e. The van der Waals surface area contributed by atoms with Gasteiger partial charge >= 0.3 is 0 Å². The Morgan fingerprint density at radius 3 is 2.57 bits per heavy atom. The number of likely N-dealkylation sites (tertiary alicyclic amines) is 1. The fourth-order valence-corrected chi connectivity index (χ4v) is 3.69. The Balaban J connectivity index is 1.83. The summed E-state index contributed by atoms with van der Waals surface area (Å²) in [4.78, 5) is 20.0. The topological polar surface area (TPSA) is 33.2 Å². The second kappa shape index (κ2) is 5.98. The molecule has 2 aromatic rings. The lowest BCUT2D eigenvalue weighted by atomic mass is 9.99. The number of aromatic nitrogens is 1. The summed E-state index contributed by atoms with van der Waals surface area (Å²) in [7, 11) is 0. The predicted octanol–water partition coefficient (Wildman–Crippen LogP) is 3.99. The Morgan fingerprint density at radius 1 is 1.24 bits per heavy atom. The van der Waals surface area contributed by atoms with Gasteiger partial charge in [0.2, 0.25) is 0 Å². The molecule has 1 aliphatic rings. The molecule has 0 unspecified atom stereocenters. The Labute approximate surface area is 129 Å². The van der Waals surface area contributed by atoms with Crippen molar-refractivity contribution in [2.45, 2.75) is 26.7 Å². The van der Waals surface area contributed by atoms with Gasteiger partial charge in [-0.3, -0.25) is 4.79 Å². The molecule has 21 heavy (non-hydrogen) atoms. The molecule has 1 aliphatic heterocycles. The van der Waals surface area contributed by atoms with Crippen LogP contribution in [0.2, 0.25) is 0 Å². The molecule has 0 bridgehead atoms. The van der Waals surface area contributed by atoms with Crippen LogP contribution in [-0.2, 0) is 0 Å². The van der Waals surface area contributed by atoms with Gasteiger partial charge in [-0.2, -0.15) is 0 Å². The lowest BCUT2D eigenvalue weighted by Crippen LogP contribution is -2.37. The van der Waals surface area contributed by atoms with Crippen molar-refractivity contribution in [3.63, 3.8) is 0 Å². The zero-order valence-corrected chi connectivity index (χ0v) is 13.3. The number of aryl methyl sites for hydroxylation is 1. The minimum atomic E-state index is 0.152. The summed E-state index contributed by atoms with van der Waals surface area (Å²) in [5.74, 6) is 0.885. The van der Waals surface area contributed by atoms with E-state index in [0.29, 0.717) is 0 Å². The molecule has 0 saturated carbocycles. The van der Waals surface area contributed by atoms with Gasteiger partial charge in [-0.25, -0.2) is 4.98 Å². The van der Waals surface area contributed by atoms with Crippen LogP contribution in [0.1, 0.15) is 35.1 Å². The molecule has 3 rings (SSSR count). The smallest absolute Gasteiger partial charge is 0.265 e. The summed E-state index contributed by atoms with van der Waals surface area (Å²) in [5.41, 5.74) is 1.93. The highest BCUT2D eigenvalue weighted by Gasteiger charge is 2.25. The van der Waals surface area contributed by atoms with Crippen LogP contribution in [0.25, 0.3) is 10.6 Å². The molecular formula is C17H20N2OS. The monoisotopic (exact) mass is 300 g/mol. The summed E-state index contributed by atoms with van der Waals surface area (Å²) in [6, 6.07) is 10.1. The summed E-state index contributed by atoms with van der Waals surface area (Å²) < 4.78 is 0. The van der Waals surface area contributed by atoms with Crippen molar-refractivity contribution < 1.29 is 4.79 Å². The van der Waals surface area contributed by atoms with Crippen molar-refractivity contribution in [2.24, 2.45) is 5.92 Å². The van der Waals surface area contributed by atoms with E-state index in [0.717, 1.165) is 53.0 Å². The fraction of sp³-hybridized carbons (Fsp3) is 0.412. The first kappa shape index (κ1) is 14.3. The van der Waals surface area contributed by atoms with E-state index in [1.807, 2.05) is 42.2 Å². The number of rotatable bonds is 2. The van der Waals surface area contributed by atoms with Crippen LogP contribution in [0.3, 0.4) is 0 Å². The van der Waals surface area contributed by atoms with Gasteiger partial charge in [-0.15, -0.1) is 11.3 Å². The zero-order valence-electron chi connectivity index (χ0n) is 12.5. The molecule has 1 saturated heterocycles. The number of carbonyl (C=O) groups is 1. The van der Waals surface area contributed by atoms with E-state index in [9.17, 15) is 4.79 Å². The van der Waals surface area contributed by atoms with Gasteiger partial charge in [-0.05, 0) is 25.7 Å². The van der Waals surface area contributed by atoms with Crippen LogP contribution >= 0.6 is 11.3 Å². The Kier molecular flexibility index (Phi) is 4.06. The normalized spacial score (nSPS) is 16.2. The van der Waals surface area contributed by atoms with Gasteiger partial charge in [0.15, 0.2) is 0 Å². The van der Waals surface area contributed by atoms with Gasteiger partial charge in [-0.1, -0.05) is 37.3 Å². The summed E-state index contributed by atoms with van der Waals surface area (Å²) in [6.07, 6.45) is 2.21. The van der Waals surface area contributed by atoms with Crippen molar-refractivity contribution in [3.8, 4) is 10.6 Å². The first-order valence-corrected chi connectivity index (χ1v) is 8.29. The molecule has 0 aliphatic carbocycles. The molecule has 0 atom stereocenters. The first-order chi connectivity index (χ1) is 10.1. The maximum atomic E-state index is 12.7. The highest BCUT2D eigenvalue weighted by atomic mass is 32.1. The van der Waals surface area contributed by atoms with Crippen molar-refractivity contribution in [1.29, 1.82) is 0 Å². The van der Waals surface area contributed by atoms with E-state index in [1.54, 1.807) is 0 Å². The maximum Gasteiger partial charge on any atom is 0.265 e. The third-order valence-electron chi connectivity index (χ3n) is 4.08. The van der Waals surface area contributed by atoms with E-state index in [2.05, 4.69) is 11.9 Å². The van der Waals surface area contributed by atoms with Crippen LogP contribution in [0.15, 0.2) is 30.3 Å².